The van der Waals surface area contributed by atoms with E-state index in [1.165, 1.54) is 31.2 Å². The second-order valence-electron chi connectivity index (χ2n) is 4.93. The molecule has 2 heteroatoms. The predicted octanol–water partition coefficient (Wildman–Crippen LogP) is 4.00. The van der Waals surface area contributed by atoms with Crippen LogP contribution < -0.4 is 10.1 Å². The van der Waals surface area contributed by atoms with Crippen LogP contribution in [0.15, 0.2) is 24.3 Å². The van der Waals surface area contributed by atoms with Crippen LogP contribution in [0.1, 0.15) is 45.1 Å². The van der Waals surface area contributed by atoms with Crippen LogP contribution in [0.25, 0.3) is 0 Å². The van der Waals surface area contributed by atoms with Crippen LogP contribution in [0.2, 0.25) is 0 Å². The Balaban J connectivity index is 2.47. The van der Waals surface area contributed by atoms with Gasteiger partial charge in [0.05, 0.1) is 6.61 Å². The molecule has 0 atom stereocenters. The summed E-state index contributed by atoms with van der Waals surface area (Å²) >= 11 is 0. The Labute approximate surface area is 112 Å². The third-order valence-electron chi connectivity index (χ3n) is 3.16. The van der Waals surface area contributed by atoms with Gasteiger partial charge in [0.2, 0.25) is 0 Å². The average molecular weight is 249 g/mol. The smallest absolute Gasteiger partial charge is 0.119 e. The Morgan fingerprint density at radius 1 is 1.17 bits per heavy atom. The van der Waals surface area contributed by atoms with E-state index in [-0.39, 0.29) is 0 Å². The van der Waals surface area contributed by atoms with Gasteiger partial charge in [-0.25, -0.2) is 0 Å². The van der Waals surface area contributed by atoms with Crippen LogP contribution in [0.5, 0.6) is 5.75 Å². The van der Waals surface area contributed by atoms with Gasteiger partial charge in [-0.05, 0) is 43.5 Å². The van der Waals surface area contributed by atoms with Crippen molar-refractivity contribution in [3.63, 3.8) is 0 Å². The number of hydrogen-bond donors (Lipinski definition) is 1. The molecule has 0 saturated carbocycles. The summed E-state index contributed by atoms with van der Waals surface area (Å²) < 4.78 is 5.93. The first-order chi connectivity index (χ1) is 8.80. The number of hydrogen-bond acceptors (Lipinski definition) is 2. The molecule has 0 saturated heterocycles. The van der Waals surface area contributed by atoms with E-state index >= 15 is 0 Å². The fraction of sp³-hybridized carbons (Fsp3) is 0.625. The fourth-order valence-corrected chi connectivity index (χ4v) is 2.29. The van der Waals surface area contributed by atoms with Crippen LogP contribution >= 0.6 is 0 Å². The Hall–Kier alpha value is -1.02. The highest BCUT2D eigenvalue weighted by atomic mass is 16.5. The summed E-state index contributed by atoms with van der Waals surface area (Å²) in [6.07, 6.45) is 5.02. The molecule has 102 valence electrons. The fourth-order valence-electron chi connectivity index (χ4n) is 2.29. The van der Waals surface area contributed by atoms with Crippen LogP contribution in [0.3, 0.4) is 0 Å². The molecule has 0 fully saturated rings. The average Bonchev–Trinajstić information content (AvgIpc) is 2.37. The van der Waals surface area contributed by atoms with E-state index in [0.29, 0.717) is 5.92 Å². The van der Waals surface area contributed by atoms with Crippen molar-refractivity contribution < 1.29 is 4.74 Å². The van der Waals surface area contributed by atoms with Crippen molar-refractivity contribution >= 4 is 0 Å². The largest absolute Gasteiger partial charge is 0.493 e. The summed E-state index contributed by atoms with van der Waals surface area (Å²) in [6, 6.07) is 8.37. The Morgan fingerprint density at radius 2 is 1.89 bits per heavy atom. The molecular formula is C16H27NO. The molecule has 0 unspecified atom stereocenters. The first kappa shape index (κ1) is 15.0. The molecule has 1 N–H and O–H groups in total. The molecule has 0 heterocycles. The Bertz CT molecular complexity index is 319. The third kappa shape index (κ3) is 5.54. The molecule has 0 radical (unpaired) electrons. The van der Waals surface area contributed by atoms with E-state index < -0.39 is 0 Å². The van der Waals surface area contributed by atoms with Gasteiger partial charge in [0.25, 0.3) is 0 Å². The first-order valence-electron chi connectivity index (χ1n) is 7.16. The summed E-state index contributed by atoms with van der Waals surface area (Å²) in [6.45, 7) is 6.24. The minimum Gasteiger partial charge on any atom is -0.493 e. The first-order valence-corrected chi connectivity index (χ1v) is 7.16. The molecule has 0 bridgehead atoms. The van der Waals surface area contributed by atoms with E-state index in [0.717, 1.165) is 18.9 Å². The molecule has 0 spiro atoms. The zero-order chi connectivity index (χ0) is 13.2. The molecule has 1 aromatic rings. The lowest BCUT2D eigenvalue weighted by Gasteiger charge is -2.16. The zero-order valence-corrected chi connectivity index (χ0v) is 12.0. The molecule has 0 aliphatic heterocycles. The van der Waals surface area contributed by atoms with Crippen LogP contribution in [-0.2, 0) is 6.54 Å². The molecule has 0 amide bonds. The lowest BCUT2D eigenvalue weighted by molar-refractivity contribution is 0.229. The summed E-state index contributed by atoms with van der Waals surface area (Å²) in [7, 11) is 1.96. The van der Waals surface area contributed by atoms with Gasteiger partial charge in [0.15, 0.2) is 0 Å². The zero-order valence-electron chi connectivity index (χ0n) is 12.0. The van der Waals surface area contributed by atoms with Gasteiger partial charge in [-0.15, -0.1) is 0 Å². The lowest BCUT2D eigenvalue weighted by Crippen LogP contribution is -2.12. The molecular weight excluding hydrogens is 222 g/mol. The van der Waals surface area contributed by atoms with E-state index in [1.807, 2.05) is 13.1 Å². The summed E-state index contributed by atoms with van der Waals surface area (Å²) in [4.78, 5) is 0. The van der Waals surface area contributed by atoms with Gasteiger partial charge in [-0.3, -0.25) is 0 Å². The molecule has 0 aliphatic carbocycles. The second-order valence-corrected chi connectivity index (χ2v) is 4.93. The van der Waals surface area contributed by atoms with Crippen molar-refractivity contribution in [1.82, 2.24) is 5.32 Å². The van der Waals surface area contributed by atoms with E-state index in [1.54, 1.807) is 0 Å². The van der Waals surface area contributed by atoms with Crippen molar-refractivity contribution in [3.05, 3.63) is 29.8 Å². The summed E-state index contributed by atoms with van der Waals surface area (Å²) in [5, 5.41) is 3.16. The third-order valence-corrected chi connectivity index (χ3v) is 3.16. The molecule has 0 aromatic heterocycles. The lowest BCUT2D eigenvalue weighted by atomic mass is 9.99. The second kappa shape index (κ2) is 8.98. The summed E-state index contributed by atoms with van der Waals surface area (Å²) in [5.74, 6) is 1.70. The molecule has 0 aliphatic rings. The molecule has 2 nitrogen and oxygen atoms in total. The molecule has 1 rings (SSSR count). The molecule has 18 heavy (non-hydrogen) atoms. The standard InChI is InChI=1S/C16H27NO/c1-4-7-14(8-5-2)13-18-16-10-6-9-15(11-16)12-17-3/h6,9-11,14,17H,4-5,7-8,12-13H2,1-3H3. The van der Waals surface area contributed by atoms with Crippen molar-refractivity contribution in [2.75, 3.05) is 13.7 Å². The SMILES string of the molecule is CCCC(CCC)COc1cccc(CNC)c1. The number of rotatable bonds is 9. The van der Waals surface area contributed by atoms with Gasteiger partial charge in [0.1, 0.15) is 5.75 Å². The maximum absolute atomic E-state index is 5.93. The highest BCUT2D eigenvalue weighted by molar-refractivity contribution is 5.28. The molecule has 1 aromatic carbocycles. The van der Waals surface area contributed by atoms with Crippen LogP contribution in [0.4, 0.5) is 0 Å². The monoisotopic (exact) mass is 249 g/mol. The Kier molecular flexibility index (Phi) is 7.51. The maximum Gasteiger partial charge on any atom is 0.119 e. The van der Waals surface area contributed by atoms with Crippen molar-refractivity contribution in [2.45, 2.75) is 46.1 Å². The van der Waals surface area contributed by atoms with Gasteiger partial charge >= 0.3 is 0 Å². The van der Waals surface area contributed by atoms with Gasteiger partial charge in [0, 0.05) is 6.54 Å². The van der Waals surface area contributed by atoms with Gasteiger partial charge in [-0.1, -0.05) is 38.8 Å². The van der Waals surface area contributed by atoms with Crippen LogP contribution in [-0.4, -0.2) is 13.7 Å². The van der Waals surface area contributed by atoms with Crippen molar-refractivity contribution in [1.29, 1.82) is 0 Å². The minimum atomic E-state index is 0.702. The van der Waals surface area contributed by atoms with Crippen molar-refractivity contribution in [3.8, 4) is 5.75 Å². The van der Waals surface area contributed by atoms with E-state index in [4.69, 9.17) is 4.74 Å². The van der Waals surface area contributed by atoms with Crippen LogP contribution in [0, 0.1) is 5.92 Å². The number of benzene rings is 1. The topological polar surface area (TPSA) is 21.3 Å². The predicted molar refractivity (Wildman–Crippen MR) is 78.0 cm³/mol. The van der Waals surface area contributed by atoms with Gasteiger partial charge in [-0.2, -0.15) is 0 Å². The van der Waals surface area contributed by atoms with Crippen molar-refractivity contribution in [2.24, 2.45) is 5.92 Å². The number of ether oxygens (including phenoxy) is 1. The quantitative estimate of drug-likeness (QED) is 0.714. The highest BCUT2D eigenvalue weighted by Crippen LogP contribution is 2.18. The highest BCUT2D eigenvalue weighted by Gasteiger charge is 2.07. The Morgan fingerprint density at radius 3 is 2.50 bits per heavy atom. The number of nitrogens with one attached hydrogen (secondary N) is 1. The normalized spacial score (nSPS) is 10.9. The minimum absolute atomic E-state index is 0.702. The van der Waals surface area contributed by atoms with E-state index in [9.17, 15) is 0 Å². The van der Waals surface area contributed by atoms with E-state index in [2.05, 4.69) is 37.4 Å². The van der Waals surface area contributed by atoms with Gasteiger partial charge < -0.3 is 10.1 Å². The maximum atomic E-state index is 5.93. The summed E-state index contributed by atoms with van der Waals surface area (Å²) in [5.41, 5.74) is 1.28.